The number of sulfonamides is 1. The van der Waals surface area contributed by atoms with Gasteiger partial charge in [0.25, 0.3) is 0 Å². The minimum Gasteiger partial charge on any atom is -0.384 e. The van der Waals surface area contributed by atoms with E-state index in [-0.39, 0.29) is 11.0 Å². The molecule has 1 atom stereocenters. The first kappa shape index (κ1) is 14.2. The average molecular weight is 285 g/mol. The van der Waals surface area contributed by atoms with Crippen LogP contribution in [0.4, 0.5) is 5.69 Å². The van der Waals surface area contributed by atoms with Crippen LogP contribution in [0.15, 0.2) is 23.4 Å². The summed E-state index contributed by atoms with van der Waals surface area (Å²) >= 11 is 0. The predicted octanol–water partition coefficient (Wildman–Crippen LogP) is 0.971. The van der Waals surface area contributed by atoms with Crippen LogP contribution in [0.1, 0.15) is 19.8 Å². The third kappa shape index (κ3) is 3.65. The molecule has 1 aliphatic heterocycles. The summed E-state index contributed by atoms with van der Waals surface area (Å²) in [6.45, 7) is 3.58. The second kappa shape index (κ2) is 6.31. The molecule has 1 aromatic heterocycles. The van der Waals surface area contributed by atoms with Gasteiger partial charge in [0.1, 0.15) is 4.90 Å². The third-order valence-electron chi connectivity index (χ3n) is 2.97. The molecule has 106 valence electrons. The van der Waals surface area contributed by atoms with E-state index in [1.165, 1.54) is 6.20 Å². The zero-order valence-corrected chi connectivity index (χ0v) is 11.7. The summed E-state index contributed by atoms with van der Waals surface area (Å²) in [5, 5.41) is 3.02. The Morgan fingerprint density at radius 1 is 1.53 bits per heavy atom. The van der Waals surface area contributed by atoms with Gasteiger partial charge in [0.15, 0.2) is 0 Å². The van der Waals surface area contributed by atoms with Crippen molar-refractivity contribution in [3.63, 3.8) is 0 Å². The van der Waals surface area contributed by atoms with Gasteiger partial charge < -0.3 is 10.1 Å². The zero-order valence-electron chi connectivity index (χ0n) is 10.9. The molecule has 0 aliphatic carbocycles. The number of pyridine rings is 1. The molecule has 0 radical (unpaired) electrons. The summed E-state index contributed by atoms with van der Waals surface area (Å²) in [6, 6.07) is 1.66. The maximum Gasteiger partial charge on any atom is 0.244 e. The van der Waals surface area contributed by atoms with Crippen LogP contribution in [0.25, 0.3) is 0 Å². The summed E-state index contributed by atoms with van der Waals surface area (Å²) in [5.41, 5.74) is 0.567. The number of rotatable bonds is 6. The maximum absolute atomic E-state index is 12.2. The molecule has 19 heavy (non-hydrogen) atoms. The number of hydrogen-bond acceptors (Lipinski definition) is 5. The fourth-order valence-corrected chi connectivity index (χ4v) is 3.21. The van der Waals surface area contributed by atoms with E-state index in [9.17, 15) is 8.42 Å². The van der Waals surface area contributed by atoms with Gasteiger partial charge >= 0.3 is 0 Å². The Balaban J connectivity index is 2.09. The van der Waals surface area contributed by atoms with Gasteiger partial charge in [-0.2, -0.15) is 0 Å². The van der Waals surface area contributed by atoms with Gasteiger partial charge in [-0.1, -0.05) is 0 Å². The van der Waals surface area contributed by atoms with Crippen LogP contribution in [0, 0.1) is 0 Å². The normalized spacial score (nSPS) is 19.5. The summed E-state index contributed by atoms with van der Waals surface area (Å²) < 4.78 is 32.5. The number of ether oxygens (including phenoxy) is 1. The van der Waals surface area contributed by atoms with Gasteiger partial charge in [0.2, 0.25) is 10.0 Å². The smallest absolute Gasteiger partial charge is 0.244 e. The van der Waals surface area contributed by atoms with Crippen molar-refractivity contribution in [2.75, 3.05) is 25.0 Å². The highest BCUT2D eigenvalue weighted by molar-refractivity contribution is 7.89. The average Bonchev–Trinajstić information content (AvgIpc) is 2.91. The Morgan fingerprint density at radius 3 is 3.05 bits per heavy atom. The van der Waals surface area contributed by atoms with Crippen molar-refractivity contribution >= 4 is 15.7 Å². The zero-order chi connectivity index (χ0) is 13.7. The molecule has 0 spiro atoms. The van der Waals surface area contributed by atoms with Crippen LogP contribution >= 0.6 is 0 Å². The molecule has 6 nitrogen and oxygen atoms in total. The minimum absolute atomic E-state index is 0.0194. The Bertz CT molecular complexity index is 513. The van der Waals surface area contributed by atoms with E-state index >= 15 is 0 Å². The van der Waals surface area contributed by atoms with Crippen LogP contribution in [0.2, 0.25) is 0 Å². The van der Waals surface area contributed by atoms with E-state index in [0.29, 0.717) is 25.4 Å². The second-order valence-electron chi connectivity index (χ2n) is 4.39. The highest BCUT2D eigenvalue weighted by Crippen LogP contribution is 2.19. The fourth-order valence-electron chi connectivity index (χ4n) is 2.02. The van der Waals surface area contributed by atoms with Crippen LogP contribution in [0.5, 0.6) is 0 Å². The van der Waals surface area contributed by atoms with Crippen LogP contribution in [-0.4, -0.2) is 39.2 Å². The Morgan fingerprint density at radius 2 is 2.37 bits per heavy atom. The Kier molecular flexibility index (Phi) is 4.73. The van der Waals surface area contributed by atoms with E-state index in [0.717, 1.165) is 12.8 Å². The maximum atomic E-state index is 12.2. The fraction of sp³-hybridized carbons (Fsp3) is 0.583. The molecule has 0 bridgehead atoms. The molecule has 1 aliphatic rings. The standard InChI is InChI=1S/C12H19N3O3S/c1-2-14-11-5-6-13-9-12(11)19(16,17)15-8-10-4-3-7-18-10/h5-6,9-10,15H,2-4,7-8H2,1H3,(H,13,14). The van der Waals surface area contributed by atoms with Gasteiger partial charge in [0, 0.05) is 32.1 Å². The molecule has 1 unspecified atom stereocenters. The predicted molar refractivity (Wildman–Crippen MR) is 72.6 cm³/mol. The van der Waals surface area contributed by atoms with Crippen LogP contribution < -0.4 is 10.0 Å². The van der Waals surface area contributed by atoms with Crippen LogP contribution in [-0.2, 0) is 14.8 Å². The molecular formula is C12H19N3O3S. The van der Waals surface area contributed by atoms with E-state index in [1.807, 2.05) is 6.92 Å². The Hall–Kier alpha value is -1.18. The highest BCUT2D eigenvalue weighted by atomic mass is 32.2. The molecule has 1 fully saturated rings. The molecule has 2 N–H and O–H groups in total. The van der Waals surface area contributed by atoms with Crippen molar-refractivity contribution in [3.05, 3.63) is 18.5 Å². The number of anilines is 1. The lowest BCUT2D eigenvalue weighted by molar-refractivity contribution is 0.114. The van der Waals surface area contributed by atoms with Crippen molar-refractivity contribution in [1.29, 1.82) is 0 Å². The lowest BCUT2D eigenvalue weighted by Gasteiger charge is -2.14. The van der Waals surface area contributed by atoms with E-state index in [2.05, 4.69) is 15.0 Å². The molecule has 1 saturated heterocycles. The number of aromatic nitrogens is 1. The lowest BCUT2D eigenvalue weighted by Crippen LogP contribution is -2.32. The topological polar surface area (TPSA) is 80.3 Å². The summed E-state index contributed by atoms with van der Waals surface area (Å²) in [7, 11) is -3.56. The summed E-state index contributed by atoms with van der Waals surface area (Å²) in [5.74, 6) is 0. The molecule has 2 rings (SSSR count). The SMILES string of the molecule is CCNc1ccncc1S(=O)(=O)NCC1CCCO1. The molecule has 7 heteroatoms. The lowest BCUT2D eigenvalue weighted by atomic mass is 10.2. The van der Waals surface area contributed by atoms with Crippen molar-refractivity contribution in [2.45, 2.75) is 30.8 Å². The van der Waals surface area contributed by atoms with Crippen molar-refractivity contribution < 1.29 is 13.2 Å². The van der Waals surface area contributed by atoms with E-state index < -0.39 is 10.0 Å². The number of nitrogens with one attached hydrogen (secondary N) is 2. The number of hydrogen-bond donors (Lipinski definition) is 2. The van der Waals surface area contributed by atoms with E-state index in [4.69, 9.17) is 4.74 Å². The van der Waals surface area contributed by atoms with Crippen molar-refractivity contribution in [1.82, 2.24) is 9.71 Å². The minimum atomic E-state index is -3.56. The molecular weight excluding hydrogens is 266 g/mol. The van der Waals surface area contributed by atoms with Crippen molar-refractivity contribution in [3.8, 4) is 0 Å². The molecule has 0 saturated carbocycles. The third-order valence-corrected chi connectivity index (χ3v) is 4.42. The number of nitrogens with zero attached hydrogens (tertiary/aromatic N) is 1. The molecule has 1 aromatic rings. The van der Waals surface area contributed by atoms with Crippen LogP contribution in [0.3, 0.4) is 0 Å². The van der Waals surface area contributed by atoms with E-state index in [1.54, 1.807) is 12.3 Å². The molecule has 2 heterocycles. The van der Waals surface area contributed by atoms with Gasteiger partial charge in [-0.05, 0) is 25.8 Å². The second-order valence-corrected chi connectivity index (χ2v) is 6.12. The quantitative estimate of drug-likeness (QED) is 0.814. The first-order valence-corrected chi connectivity index (χ1v) is 7.91. The highest BCUT2D eigenvalue weighted by Gasteiger charge is 2.22. The van der Waals surface area contributed by atoms with Crippen molar-refractivity contribution in [2.24, 2.45) is 0 Å². The Labute approximate surface area is 113 Å². The largest absolute Gasteiger partial charge is 0.384 e. The van der Waals surface area contributed by atoms with Gasteiger partial charge in [-0.25, -0.2) is 13.1 Å². The van der Waals surface area contributed by atoms with Gasteiger partial charge in [0.05, 0.1) is 11.8 Å². The first-order valence-electron chi connectivity index (χ1n) is 6.42. The molecule has 0 aromatic carbocycles. The summed E-state index contributed by atoms with van der Waals surface area (Å²) in [4.78, 5) is 4.06. The molecule has 0 amide bonds. The monoisotopic (exact) mass is 285 g/mol. The van der Waals surface area contributed by atoms with Gasteiger partial charge in [-0.15, -0.1) is 0 Å². The summed E-state index contributed by atoms with van der Waals surface area (Å²) in [6.07, 6.45) is 4.79. The first-order chi connectivity index (χ1) is 9.13. The van der Waals surface area contributed by atoms with Gasteiger partial charge in [-0.3, -0.25) is 4.98 Å².